The van der Waals surface area contributed by atoms with E-state index < -0.39 is 12.0 Å². The van der Waals surface area contributed by atoms with E-state index in [0.717, 1.165) is 13.0 Å². The molecule has 3 rings (SSSR count). The molecule has 1 aromatic carbocycles. The van der Waals surface area contributed by atoms with Crippen LogP contribution in [0, 0.1) is 5.92 Å². The van der Waals surface area contributed by atoms with Gasteiger partial charge in [0.2, 0.25) is 0 Å². The molecule has 2 saturated heterocycles. The number of aliphatic hydroxyl groups excluding tert-OH is 1. The Balaban J connectivity index is 1.72. The lowest BCUT2D eigenvalue weighted by Gasteiger charge is -2.37. The summed E-state index contributed by atoms with van der Waals surface area (Å²) in [5.74, 6) is -0.480. The number of phenols is 1. The number of carbonyl (C=O) groups excluding carboxylic acids is 2. The standard InChI is InChI=1S/C19H27N3O5/c1-20-19(26)14-8-12(2-3-16(14)23)17(24)10-22-6-5-21-9-15(22)18(25)13-4-7-27-11-13/h2-3,8,13,15,17,21,23-24H,4-7,9-11H2,1H3,(H,20,26). The van der Waals surface area contributed by atoms with Gasteiger partial charge in [-0.2, -0.15) is 0 Å². The van der Waals surface area contributed by atoms with E-state index in [-0.39, 0.29) is 35.6 Å². The largest absolute Gasteiger partial charge is 0.507 e. The molecule has 0 radical (unpaired) electrons. The number of rotatable bonds is 6. The zero-order chi connectivity index (χ0) is 19.4. The molecule has 2 aliphatic heterocycles. The Morgan fingerprint density at radius 1 is 1.44 bits per heavy atom. The molecule has 3 atom stereocenters. The Bertz CT molecular complexity index is 690. The molecule has 2 heterocycles. The van der Waals surface area contributed by atoms with E-state index in [9.17, 15) is 19.8 Å². The molecule has 2 fully saturated rings. The second-order valence-corrected chi connectivity index (χ2v) is 7.05. The van der Waals surface area contributed by atoms with Gasteiger partial charge in [-0.05, 0) is 24.1 Å². The molecule has 148 valence electrons. The number of amides is 1. The predicted molar refractivity (Wildman–Crippen MR) is 98.6 cm³/mol. The van der Waals surface area contributed by atoms with Crippen LogP contribution in [0.4, 0.5) is 0 Å². The lowest BCUT2D eigenvalue weighted by molar-refractivity contribution is -0.129. The van der Waals surface area contributed by atoms with Gasteiger partial charge in [-0.1, -0.05) is 6.07 Å². The molecule has 3 unspecified atom stereocenters. The minimum Gasteiger partial charge on any atom is -0.507 e. The third-order valence-corrected chi connectivity index (χ3v) is 5.30. The van der Waals surface area contributed by atoms with Gasteiger partial charge >= 0.3 is 0 Å². The number of carbonyl (C=O) groups is 2. The van der Waals surface area contributed by atoms with Crippen molar-refractivity contribution >= 4 is 11.7 Å². The summed E-state index contributed by atoms with van der Waals surface area (Å²) >= 11 is 0. The fraction of sp³-hybridized carbons (Fsp3) is 0.579. The van der Waals surface area contributed by atoms with Crippen LogP contribution in [0.5, 0.6) is 5.75 Å². The molecule has 0 spiro atoms. The van der Waals surface area contributed by atoms with Gasteiger partial charge in [0.25, 0.3) is 5.91 Å². The van der Waals surface area contributed by atoms with E-state index in [1.807, 2.05) is 4.90 Å². The van der Waals surface area contributed by atoms with Crippen molar-refractivity contribution in [3.8, 4) is 5.75 Å². The summed E-state index contributed by atoms with van der Waals surface area (Å²) < 4.78 is 5.34. The van der Waals surface area contributed by atoms with Crippen molar-refractivity contribution in [3.05, 3.63) is 29.3 Å². The van der Waals surface area contributed by atoms with E-state index in [2.05, 4.69) is 10.6 Å². The van der Waals surface area contributed by atoms with Gasteiger partial charge in [-0.15, -0.1) is 0 Å². The molecule has 0 bridgehead atoms. The summed E-state index contributed by atoms with van der Waals surface area (Å²) in [5, 5.41) is 26.3. The summed E-state index contributed by atoms with van der Waals surface area (Å²) in [6, 6.07) is 4.19. The van der Waals surface area contributed by atoms with E-state index in [1.165, 1.54) is 19.2 Å². The number of ketones is 1. The Labute approximate surface area is 158 Å². The molecule has 27 heavy (non-hydrogen) atoms. The molecule has 8 heteroatoms. The fourth-order valence-electron chi connectivity index (χ4n) is 3.68. The van der Waals surface area contributed by atoms with Crippen molar-refractivity contribution in [1.82, 2.24) is 15.5 Å². The molecule has 1 aromatic rings. The molecule has 2 aliphatic rings. The number of Topliss-reactive ketones (excluding diaryl/α,β-unsaturated/α-hetero) is 1. The van der Waals surface area contributed by atoms with Crippen LogP contribution in [-0.4, -0.2) is 79.3 Å². The van der Waals surface area contributed by atoms with E-state index in [0.29, 0.717) is 31.9 Å². The fourth-order valence-corrected chi connectivity index (χ4v) is 3.68. The van der Waals surface area contributed by atoms with Gasteiger partial charge in [0.1, 0.15) is 5.75 Å². The van der Waals surface area contributed by atoms with Crippen molar-refractivity contribution in [2.75, 3.05) is 46.4 Å². The number of hydrogen-bond acceptors (Lipinski definition) is 7. The number of nitrogens with zero attached hydrogens (tertiary/aromatic N) is 1. The molecule has 8 nitrogen and oxygen atoms in total. The summed E-state index contributed by atoms with van der Waals surface area (Å²) in [6.07, 6.45) is -0.124. The van der Waals surface area contributed by atoms with Crippen LogP contribution in [0.2, 0.25) is 0 Å². The number of benzene rings is 1. The van der Waals surface area contributed by atoms with Gasteiger partial charge in [-0.3, -0.25) is 14.5 Å². The van der Waals surface area contributed by atoms with E-state index >= 15 is 0 Å². The average Bonchev–Trinajstić information content (AvgIpc) is 3.22. The van der Waals surface area contributed by atoms with Crippen LogP contribution in [0.15, 0.2) is 18.2 Å². The molecule has 1 amide bonds. The highest BCUT2D eigenvalue weighted by Gasteiger charge is 2.35. The highest BCUT2D eigenvalue weighted by atomic mass is 16.5. The first-order chi connectivity index (χ1) is 13.0. The Morgan fingerprint density at radius 3 is 2.96 bits per heavy atom. The molecule has 4 N–H and O–H groups in total. The number of aromatic hydroxyl groups is 1. The smallest absolute Gasteiger partial charge is 0.254 e. The number of ether oxygens (including phenoxy) is 1. The number of nitrogens with one attached hydrogen (secondary N) is 2. The third kappa shape index (κ3) is 4.47. The van der Waals surface area contributed by atoms with Gasteiger partial charge in [0.05, 0.1) is 24.3 Å². The Kier molecular flexibility index (Phi) is 6.43. The lowest BCUT2D eigenvalue weighted by atomic mass is 9.94. The molecular weight excluding hydrogens is 350 g/mol. The van der Waals surface area contributed by atoms with Crippen molar-refractivity contribution < 1.29 is 24.5 Å². The van der Waals surface area contributed by atoms with Gasteiger partial charge in [-0.25, -0.2) is 0 Å². The minimum atomic E-state index is -0.873. The normalized spacial score (nSPS) is 24.5. The van der Waals surface area contributed by atoms with E-state index in [4.69, 9.17) is 4.74 Å². The summed E-state index contributed by atoms with van der Waals surface area (Å²) in [6.45, 7) is 3.33. The summed E-state index contributed by atoms with van der Waals surface area (Å²) in [7, 11) is 1.48. The van der Waals surface area contributed by atoms with Crippen LogP contribution >= 0.6 is 0 Å². The van der Waals surface area contributed by atoms with Gasteiger partial charge in [0.15, 0.2) is 5.78 Å². The van der Waals surface area contributed by atoms with Crippen molar-refractivity contribution in [2.45, 2.75) is 18.6 Å². The maximum Gasteiger partial charge on any atom is 0.254 e. The molecule has 0 aromatic heterocycles. The van der Waals surface area contributed by atoms with Crippen molar-refractivity contribution in [2.24, 2.45) is 5.92 Å². The van der Waals surface area contributed by atoms with Crippen LogP contribution in [-0.2, 0) is 9.53 Å². The van der Waals surface area contributed by atoms with Gasteiger partial charge < -0.3 is 25.6 Å². The second kappa shape index (κ2) is 8.79. The second-order valence-electron chi connectivity index (χ2n) is 7.05. The summed E-state index contributed by atoms with van der Waals surface area (Å²) in [4.78, 5) is 26.7. The maximum atomic E-state index is 12.8. The average molecular weight is 377 g/mol. The first-order valence-corrected chi connectivity index (χ1v) is 9.30. The minimum absolute atomic E-state index is 0.0805. The highest BCUT2D eigenvalue weighted by molar-refractivity contribution is 5.96. The molecule has 0 saturated carbocycles. The molecular formula is C19H27N3O5. The van der Waals surface area contributed by atoms with Crippen LogP contribution < -0.4 is 10.6 Å². The number of hydrogen-bond donors (Lipinski definition) is 4. The highest BCUT2D eigenvalue weighted by Crippen LogP contribution is 2.25. The first kappa shape index (κ1) is 19.8. The number of aliphatic hydroxyl groups is 1. The number of phenolic OH excluding ortho intramolecular Hbond substituents is 1. The zero-order valence-corrected chi connectivity index (χ0v) is 15.5. The first-order valence-electron chi connectivity index (χ1n) is 9.30. The van der Waals surface area contributed by atoms with Crippen LogP contribution in [0.1, 0.15) is 28.4 Å². The number of β-amino-alcohol motifs (C(OH)–C–C–N with tert-alkyl or cyclic N) is 1. The number of piperazine rings is 1. The maximum absolute atomic E-state index is 12.8. The van der Waals surface area contributed by atoms with Crippen LogP contribution in [0.3, 0.4) is 0 Å². The van der Waals surface area contributed by atoms with Crippen LogP contribution in [0.25, 0.3) is 0 Å². The lowest BCUT2D eigenvalue weighted by Crippen LogP contribution is -2.57. The van der Waals surface area contributed by atoms with Crippen molar-refractivity contribution in [3.63, 3.8) is 0 Å². The summed E-state index contributed by atoms with van der Waals surface area (Å²) in [5.41, 5.74) is 0.644. The van der Waals surface area contributed by atoms with Gasteiger partial charge in [0, 0.05) is 45.8 Å². The van der Waals surface area contributed by atoms with Crippen molar-refractivity contribution in [1.29, 1.82) is 0 Å². The molecule has 0 aliphatic carbocycles. The zero-order valence-electron chi connectivity index (χ0n) is 15.5. The topological polar surface area (TPSA) is 111 Å². The third-order valence-electron chi connectivity index (χ3n) is 5.30. The predicted octanol–water partition coefficient (Wildman–Crippen LogP) is -0.335. The van der Waals surface area contributed by atoms with E-state index in [1.54, 1.807) is 6.07 Å². The quantitative estimate of drug-likeness (QED) is 0.537. The monoisotopic (exact) mass is 377 g/mol. The Morgan fingerprint density at radius 2 is 2.26 bits per heavy atom. The Hall–Kier alpha value is -2.00. The SMILES string of the molecule is CNC(=O)c1cc(C(O)CN2CCNCC2C(=O)C2CCOC2)ccc1O.